The molecule has 1 aliphatic heterocycles. The third kappa shape index (κ3) is 7.61. The number of piperazine rings is 1. The molecule has 0 radical (unpaired) electrons. The number of hydrogen-bond acceptors (Lipinski definition) is 7. The lowest BCUT2D eigenvalue weighted by atomic mass is 10.2. The molecule has 1 amide bonds. The number of carbonyl (C=O) groups is 1. The van der Waals surface area contributed by atoms with E-state index < -0.39 is 9.84 Å². The molecule has 8 nitrogen and oxygen atoms in total. The van der Waals surface area contributed by atoms with E-state index in [4.69, 9.17) is 16.7 Å². The molecular formula is C33H40ClN5O3S2. The number of rotatable bonds is 12. The largest absolute Gasteiger partial charge is 0.335 e. The lowest BCUT2D eigenvalue weighted by Crippen LogP contribution is -2.50. The number of thiophene rings is 1. The van der Waals surface area contributed by atoms with Crippen LogP contribution in [0.1, 0.15) is 37.2 Å². The van der Waals surface area contributed by atoms with Crippen LogP contribution in [0.25, 0.3) is 26.7 Å². The first kappa shape index (κ1) is 32.4. The molecule has 0 atom stereocenters. The molecule has 2 aromatic carbocycles. The first-order chi connectivity index (χ1) is 21.2. The van der Waals surface area contributed by atoms with Gasteiger partial charge in [-0.15, -0.1) is 11.3 Å². The summed E-state index contributed by atoms with van der Waals surface area (Å²) in [7, 11) is -3.33. The number of hydrogen-bond donors (Lipinski definition) is 0. The molecule has 3 heterocycles. The minimum atomic E-state index is -3.33. The Morgan fingerprint density at radius 3 is 2.30 bits per heavy atom. The maximum atomic E-state index is 13.8. The molecule has 0 bridgehead atoms. The van der Waals surface area contributed by atoms with Crippen LogP contribution in [0.4, 0.5) is 0 Å². The van der Waals surface area contributed by atoms with Crippen molar-refractivity contribution in [2.24, 2.45) is 0 Å². The summed E-state index contributed by atoms with van der Waals surface area (Å²) < 4.78 is 26.0. The molecular weight excluding hydrogens is 614 g/mol. The van der Waals surface area contributed by atoms with Gasteiger partial charge in [-0.1, -0.05) is 49.7 Å². The molecule has 0 unspecified atom stereocenters. The van der Waals surface area contributed by atoms with Gasteiger partial charge in [0, 0.05) is 50.4 Å². The van der Waals surface area contributed by atoms with Crippen LogP contribution in [0, 0.1) is 0 Å². The molecule has 4 aromatic rings. The third-order valence-corrected chi connectivity index (χ3v) is 10.5. The van der Waals surface area contributed by atoms with E-state index in [0.717, 1.165) is 73.1 Å². The number of carbonyl (C=O) groups excluding carboxylic acids is 1. The highest BCUT2D eigenvalue weighted by atomic mass is 35.5. The first-order valence-corrected chi connectivity index (χ1v) is 18.3. The lowest BCUT2D eigenvalue weighted by Gasteiger charge is -2.35. The van der Waals surface area contributed by atoms with Crippen molar-refractivity contribution in [2.75, 3.05) is 58.6 Å². The van der Waals surface area contributed by atoms with Crippen molar-refractivity contribution in [1.82, 2.24) is 24.5 Å². The van der Waals surface area contributed by atoms with Gasteiger partial charge in [-0.2, -0.15) is 5.10 Å². The van der Waals surface area contributed by atoms with E-state index in [1.165, 1.54) is 17.6 Å². The van der Waals surface area contributed by atoms with Crippen LogP contribution in [0.15, 0.2) is 71.6 Å². The highest BCUT2D eigenvalue weighted by Gasteiger charge is 2.26. The average Bonchev–Trinajstić information content (AvgIpc) is 3.68. The number of benzene rings is 2. The standard InChI is InChI=1S/C33H40ClN5O3S2/c1-4-15-36(16-5-2)17-18-37-19-21-38(22-20-37)33(40)28-24-30(39(35-28)29-12-7-6-11-27(29)34)32-14-13-31(43-32)25-9-8-10-26(23-25)44(3,41)42/h6-14,23-24H,4-5,15-22H2,1-3H3. The van der Waals surface area contributed by atoms with Crippen molar-refractivity contribution in [1.29, 1.82) is 0 Å². The zero-order valence-corrected chi connectivity index (χ0v) is 28.0. The summed E-state index contributed by atoms with van der Waals surface area (Å²) in [5.41, 5.74) is 2.63. The van der Waals surface area contributed by atoms with E-state index in [9.17, 15) is 13.2 Å². The Bertz CT molecular complexity index is 1690. The quantitative estimate of drug-likeness (QED) is 0.181. The second-order valence-corrected chi connectivity index (χ2v) is 14.7. The summed E-state index contributed by atoms with van der Waals surface area (Å²) in [5, 5.41) is 5.32. The molecule has 0 aliphatic carbocycles. The van der Waals surface area contributed by atoms with Gasteiger partial charge in [-0.3, -0.25) is 9.69 Å². The van der Waals surface area contributed by atoms with Gasteiger partial charge in [0.2, 0.25) is 0 Å². The van der Waals surface area contributed by atoms with E-state index in [0.29, 0.717) is 29.5 Å². The molecule has 1 fully saturated rings. The fourth-order valence-electron chi connectivity index (χ4n) is 5.57. The number of sulfone groups is 1. The Morgan fingerprint density at radius 2 is 1.61 bits per heavy atom. The molecule has 1 aliphatic rings. The number of nitrogens with zero attached hydrogens (tertiary/aromatic N) is 5. The summed E-state index contributed by atoms with van der Waals surface area (Å²) in [5.74, 6) is -0.0899. The highest BCUT2D eigenvalue weighted by Crippen LogP contribution is 2.37. The Hall–Kier alpha value is -3.02. The Balaban J connectivity index is 1.37. The van der Waals surface area contributed by atoms with Crippen molar-refractivity contribution >= 4 is 38.7 Å². The fraction of sp³-hybridized carbons (Fsp3) is 0.394. The highest BCUT2D eigenvalue weighted by molar-refractivity contribution is 7.90. The summed E-state index contributed by atoms with van der Waals surface area (Å²) in [4.78, 5) is 22.7. The zero-order valence-electron chi connectivity index (χ0n) is 25.6. The molecule has 234 valence electrons. The predicted octanol–water partition coefficient (Wildman–Crippen LogP) is 6.20. The maximum Gasteiger partial charge on any atom is 0.274 e. The Kier molecular flexibility index (Phi) is 10.6. The minimum absolute atomic E-state index is 0.0899. The molecule has 5 rings (SSSR count). The van der Waals surface area contributed by atoms with E-state index in [2.05, 4.69) is 23.6 Å². The summed E-state index contributed by atoms with van der Waals surface area (Å²) >= 11 is 8.12. The van der Waals surface area contributed by atoms with Crippen LogP contribution in [0.2, 0.25) is 5.02 Å². The van der Waals surface area contributed by atoms with Gasteiger partial charge >= 0.3 is 0 Å². The average molecular weight is 654 g/mol. The SMILES string of the molecule is CCCN(CCC)CCN1CCN(C(=O)c2cc(-c3ccc(-c4cccc(S(C)(=O)=O)c4)s3)n(-c3ccccc3Cl)n2)CC1. The lowest BCUT2D eigenvalue weighted by molar-refractivity contribution is 0.0616. The molecule has 0 saturated carbocycles. The molecule has 1 saturated heterocycles. The molecule has 2 aromatic heterocycles. The normalized spacial score (nSPS) is 14.4. The number of halogens is 1. The fourth-order valence-corrected chi connectivity index (χ4v) is 7.45. The van der Waals surface area contributed by atoms with E-state index >= 15 is 0 Å². The molecule has 0 spiro atoms. The first-order valence-electron chi connectivity index (χ1n) is 15.2. The molecule has 44 heavy (non-hydrogen) atoms. The number of aromatic nitrogens is 2. The number of para-hydroxylation sites is 1. The smallest absolute Gasteiger partial charge is 0.274 e. The second kappa shape index (κ2) is 14.4. The van der Waals surface area contributed by atoms with Gasteiger partial charge in [-0.25, -0.2) is 13.1 Å². The van der Waals surface area contributed by atoms with Gasteiger partial charge < -0.3 is 9.80 Å². The Morgan fingerprint density at radius 1 is 0.909 bits per heavy atom. The van der Waals surface area contributed by atoms with Crippen LogP contribution in [-0.2, 0) is 9.84 Å². The van der Waals surface area contributed by atoms with Crippen molar-refractivity contribution in [3.05, 3.63) is 77.4 Å². The van der Waals surface area contributed by atoms with Crippen molar-refractivity contribution in [3.63, 3.8) is 0 Å². The van der Waals surface area contributed by atoms with E-state index in [1.807, 2.05) is 53.4 Å². The van der Waals surface area contributed by atoms with Crippen LogP contribution in [0.3, 0.4) is 0 Å². The van der Waals surface area contributed by atoms with Gasteiger partial charge in [0.05, 0.1) is 26.2 Å². The zero-order chi connectivity index (χ0) is 31.3. The van der Waals surface area contributed by atoms with Gasteiger partial charge in [0.25, 0.3) is 5.91 Å². The Labute approximate surface area is 269 Å². The van der Waals surface area contributed by atoms with Crippen LogP contribution in [-0.4, -0.2) is 97.4 Å². The van der Waals surface area contributed by atoms with E-state index in [-0.39, 0.29) is 10.8 Å². The monoisotopic (exact) mass is 653 g/mol. The number of amides is 1. The van der Waals surface area contributed by atoms with Crippen LogP contribution in [0.5, 0.6) is 0 Å². The van der Waals surface area contributed by atoms with Gasteiger partial charge in [0.1, 0.15) is 0 Å². The topological polar surface area (TPSA) is 78.8 Å². The minimum Gasteiger partial charge on any atom is -0.335 e. The van der Waals surface area contributed by atoms with Crippen LogP contribution >= 0.6 is 22.9 Å². The predicted molar refractivity (Wildman–Crippen MR) is 180 cm³/mol. The van der Waals surface area contributed by atoms with Crippen LogP contribution < -0.4 is 0 Å². The maximum absolute atomic E-state index is 13.8. The summed E-state index contributed by atoms with van der Waals surface area (Å²) in [6, 6.07) is 20.2. The molecule has 11 heteroatoms. The van der Waals surface area contributed by atoms with E-state index in [1.54, 1.807) is 22.9 Å². The van der Waals surface area contributed by atoms with Crippen molar-refractivity contribution in [2.45, 2.75) is 31.6 Å². The van der Waals surface area contributed by atoms with Crippen molar-refractivity contribution in [3.8, 4) is 26.7 Å². The summed E-state index contributed by atoms with van der Waals surface area (Å²) in [6.07, 6.45) is 3.53. The summed E-state index contributed by atoms with van der Waals surface area (Å²) in [6.45, 7) is 11.8. The van der Waals surface area contributed by atoms with Gasteiger partial charge in [-0.05, 0) is 74.0 Å². The van der Waals surface area contributed by atoms with Crippen molar-refractivity contribution < 1.29 is 13.2 Å². The van der Waals surface area contributed by atoms with Gasteiger partial charge in [0.15, 0.2) is 15.5 Å². The second-order valence-electron chi connectivity index (χ2n) is 11.2. The third-order valence-electron chi connectivity index (χ3n) is 7.89. The molecule has 0 N–H and O–H groups in total.